The van der Waals surface area contributed by atoms with Crippen molar-refractivity contribution >= 4 is 0 Å². The molecule has 0 fully saturated rings. The molecule has 0 aliphatic heterocycles. The summed E-state index contributed by atoms with van der Waals surface area (Å²) in [7, 11) is 0. The van der Waals surface area contributed by atoms with E-state index < -0.39 is 0 Å². The Labute approximate surface area is 872 Å². The monoisotopic (exact) mass is 1900 g/mol. The van der Waals surface area contributed by atoms with E-state index in [0.717, 1.165) is 77.0 Å². The molecule has 0 aromatic heterocycles. The fourth-order valence-corrected chi connectivity index (χ4v) is 28.9. The summed E-state index contributed by atoms with van der Waals surface area (Å²) in [6.07, 6.45) is 11.8. The lowest BCUT2D eigenvalue weighted by Crippen LogP contribution is -2.32. The molecule has 0 saturated heterocycles. The Morgan fingerprint density at radius 3 is 0.556 bits per heavy atom. The van der Waals surface area contributed by atoms with Crippen LogP contribution >= 0.6 is 0 Å². The number of aryl methyl sites for hydroxylation is 6. The first-order valence-corrected chi connectivity index (χ1v) is 54.8. The molecule has 14 aromatic rings. The summed E-state index contributed by atoms with van der Waals surface area (Å²) in [6, 6.07) is 19.9. The maximum Gasteiger partial charge on any atom is 0.0357 e. The van der Waals surface area contributed by atoms with Crippen LogP contribution in [0.3, 0.4) is 0 Å². The molecular weight excluding hydrogens is 1730 g/mol. The first-order valence-electron chi connectivity index (χ1n) is 54.8. The van der Waals surface area contributed by atoms with Gasteiger partial charge in [-0.3, -0.25) is 0 Å². The molecule has 0 heteroatoms. The molecule has 0 nitrogen and oxygen atoms in total. The van der Waals surface area contributed by atoms with Crippen molar-refractivity contribution in [3.8, 4) is 0 Å². The maximum absolute atomic E-state index is 2.65. The molecule has 4 aliphatic rings. The highest BCUT2D eigenvalue weighted by atomic mass is 14.5. The van der Waals surface area contributed by atoms with Crippen LogP contribution in [0.5, 0.6) is 0 Å². The topological polar surface area (TPSA) is 0 Å². The lowest BCUT2D eigenvalue weighted by molar-refractivity contribution is 0.751. The quantitative estimate of drug-likeness (QED) is 0.0904. The summed E-state index contributed by atoms with van der Waals surface area (Å²) in [5.74, 6) is 0.460. The first kappa shape index (κ1) is 104. The molecule has 0 radical (unpaired) electrons. The van der Waals surface area contributed by atoms with Crippen LogP contribution < -0.4 is 0 Å². The minimum Gasteiger partial charge on any atom is -0.0555 e. The van der Waals surface area contributed by atoms with Crippen molar-refractivity contribution < 1.29 is 0 Å². The second-order valence-corrected chi connectivity index (χ2v) is 47.7. The van der Waals surface area contributed by atoms with Gasteiger partial charge in [0.2, 0.25) is 0 Å². The normalized spacial score (nSPS) is 13.7. The standard InChI is InChI=1S/C72H82.C72H90/c1-31-23-53(40(10)34(4)33(31)3)25-55-41(11)37(7)42(12)56(50(55)20)26-54-24-32(2)65-62(49(54)19)28-59-45(15)39(9)46(16)60-29-63-51(21)64-30-61-47(17)38(8)44(14)58-27-57-43(13)35(5)36(6)48(18)66(57)72(70(58)61)68(64)52(22)67(63)71(65)69(59)60;1-37-25-61(56(20)63(27-37)33-69-52(16)46(10)54(18)71(59(69)23)35-65-29-39(3)41(5)43(7)48(65)12)31-67-50(14)45(9)51(15)68(58(67)22)32-62-26-38(2)28-64(57(62)21)34-70-53(17)47(11)55(19)72(60(70)24)36-66-30-40(4)42(6)44(8)49(66)13/h23-24,71-72H,25-30H2,1-22H3;25-30H,31-36H2,1-24H3. The summed E-state index contributed by atoms with van der Waals surface area (Å²) in [5.41, 5.74) is 114. The average molecular weight is 1900 g/mol. The van der Waals surface area contributed by atoms with Gasteiger partial charge in [-0.15, -0.1) is 0 Å². The Hall–Kier alpha value is -10.9. The predicted molar refractivity (Wildman–Crippen MR) is 624 cm³/mol. The Bertz CT molecular complexity index is 7720. The number of hydrogen-bond acceptors (Lipinski definition) is 0. The Balaban J connectivity index is 0.000000198. The third-order valence-corrected chi connectivity index (χ3v) is 41.8. The highest BCUT2D eigenvalue weighted by Crippen LogP contribution is 2.60. The van der Waals surface area contributed by atoms with Gasteiger partial charge in [0.25, 0.3) is 0 Å². The van der Waals surface area contributed by atoms with Crippen LogP contribution in [0.1, 0.15) is 435 Å². The van der Waals surface area contributed by atoms with Gasteiger partial charge in [0, 0.05) is 11.8 Å². The number of benzene rings is 14. The van der Waals surface area contributed by atoms with Crippen molar-refractivity contribution in [2.45, 2.75) is 407 Å². The summed E-state index contributed by atoms with van der Waals surface area (Å²) in [5, 5.41) is 0. The van der Waals surface area contributed by atoms with Crippen LogP contribution in [0, 0.1) is 318 Å². The minimum absolute atomic E-state index is 0.214. The van der Waals surface area contributed by atoms with E-state index in [2.05, 4.69) is 367 Å². The molecule has 0 heterocycles. The molecular formula is C144H172. The molecule has 144 heavy (non-hydrogen) atoms. The fourth-order valence-electron chi connectivity index (χ4n) is 28.9. The van der Waals surface area contributed by atoms with Crippen LogP contribution in [0.25, 0.3) is 0 Å². The van der Waals surface area contributed by atoms with Crippen molar-refractivity contribution in [3.63, 3.8) is 0 Å². The number of hydrogen-bond donors (Lipinski definition) is 0. The number of fused-ring (bicyclic) bond motifs is 8. The third kappa shape index (κ3) is 16.6. The molecule has 2 atom stereocenters. The van der Waals surface area contributed by atoms with Gasteiger partial charge in [0.15, 0.2) is 0 Å². The Kier molecular flexibility index (Phi) is 27.9. The number of rotatable bonds is 16. The zero-order valence-corrected chi connectivity index (χ0v) is 98.3. The van der Waals surface area contributed by atoms with E-state index in [4.69, 9.17) is 0 Å². The fraction of sp³-hybridized carbons (Fsp3) is 0.417. The highest BCUT2D eigenvalue weighted by Gasteiger charge is 2.46. The van der Waals surface area contributed by atoms with Gasteiger partial charge < -0.3 is 0 Å². The van der Waals surface area contributed by atoms with E-state index in [0.29, 0.717) is 0 Å². The lowest BCUT2D eigenvalue weighted by atomic mass is 9.58. The van der Waals surface area contributed by atoms with Crippen molar-refractivity contribution in [2.75, 3.05) is 0 Å². The lowest BCUT2D eigenvalue weighted by Gasteiger charge is -2.45. The van der Waals surface area contributed by atoms with Crippen LogP contribution in [0.2, 0.25) is 0 Å². The third-order valence-electron chi connectivity index (χ3n) is 41.8. The van der Waals surface area contributed by atoms with E-state index in [1.165, 1.54) is 334 Å². The smallest absolute Gasteiger partial charge is 0.0357 e. The van der Waals surface area contributed by atoms with Gasteiger partial charge in [0.1, 0.15) is 0 Å². The van der Waals surface area contributed by atoms with Gasteiger partial charge in [-0.05, 0) is 807 Å². The van der Waals surface area contributed by atoms with E-state index >= 15 is 0 Å². The van der Waals surface area contributed by atoms with Gasteiger partial charge >= 0.3 is 0 Å². The van der Waals surface area contributed by atoms with Crippen molar-refractivity contribution in [3.05, 3.63) is 471 Å². The minimum atomic E-state index is 0.214. The molecule has 0 spiro atoms. The van der Waals surface area contributed by atoms with Crippen LogP contribution in [0.15, 0.2) is 48.5 Å². The summed E-state index contributed by atoms with van der Waals surface area (Å²) < 4.78 is 0. The van der Waals surface area contributed by atoms with E-state index in [9.17, 15) is 0 Å². The average Bonchev–Trinajstić information content (AvgIpc) is 0.679. The van der Waals surface area contributed by atoms with E-state index in [1.807, 2.05) is 0 Å². The van der Waals surface area contributed by atoms with E-state index in [1.54, 1.807) is 89.0 Å². The molecule has 18 rings (SSSR count). The van der Waals surface area contributed by atoms with Crippen molar-refractivity contribution in [2.24, 2.45) is 0 Å². The summed E-state index contributed by atoms with van der Waals surface area (Å²) in [6.45, 7) is 109. The zero-order valence-electron chi connectivity index (χ0n) is 98.3. The van der Waals surface area contributed by atoms with Gasteiger partial charge in [0.05, 0.1) is 0 Å². The Morgan fingerprint density at radius 1 is 0.125 bits per heavy atom. The van der Waals surface area contributed by atoms with Gasteiger partial charge in [-0.25, -0.2) is 0 Å². The SMILES string of the molecule is Cc1cc(Cc2c(C)c(C)c(C)c(Cc3cc(C)c4c(c3C)Cc3c(C)c(C)c(C)c5c3C4c3c(C)c4c(c(C)c3C5)Cc3c(C)c(C)c(C)c5c3C4c3c(C)c(C)c(C)c(C)c3C5)c2C)c(C)c(C)c1C.Cc1cc(Cc2c(C)c(C)c(C)c(Cc3cc(C)cc(Cc4c(C)c(C)c(C)c(Cc5cc(C)c(C)c(C)c5C)c4C)c3C)c2C)c(C)c(Cc2c(C)c(C)c(C)c(Cc3cc(C)c(C)c(C)c3C)c2C)c1. The van der Waals surface area contributed by atoms with Crippen molar-refractivity contribution in [1.82, 2.24) is 0 Å². The molecule has 4 aliphatic carbocycles. The van der Waals surface area contributed by atoms with Crippen LogP contribution in [-0.2, 0) is 77.0 Å². The second-order valence-electron chi connectivity index (χ2n) is 47.7. The maximum atomic E-state index is 2.65. The largest absolute Gasteiger partial charge is 0.0555 e. The molecule has 2 unspecified atom stereocenters. The Morgan fingerprint density at radius 2 is 0.299 bits per heavy atom. The molecule has 0 saturated carbocycles. The molecule has 14 aromatic carbocycles. The van der Waals surface area contributed by atoms with Gasteiger partial charge in [-0.1, -0.05) is 59.7 Å². The molecule has 748 valence electrons. The zero-order chi connectivity index (χ0) is 105. The van der Waals surface area contributed by atoms with Crippen LogP contribution in [0.4, 0.5) is 0 Å². The summed E-state index contributed by atoms with van der Waals surface area (Å²) >= 11 is 0. The summed E-state index contributed by atoms with van der Waals surface area (Å²) in [4.78, 5) is 0. The first-order chi connectivity index (χ1) is 67.6. The van der Waals surface area contributed by atoms with Gasteiger partial charge in [-0.2, -0.15) is 0 Å². The van der Waals surface area contributed by atoms with E-state index in [-0.39, 0.29) is 11.8 Å². The van der Waals surface area contributed by atoms with Crippen LogP contribution in [-0.4, -0.2) is 0 Å². The second kappa shape index (κ2) is 38.4. The molecule has 0 bridgehead atoms. The predicted octanol–water partition coefficient (Wildman–Crippen LogP) is 36.3. The molecule has 0 N–H and O–H groups in total. The highest BCUT2D eigenvalue weighted by molar-refractivity contribution is 5.79. The molecule has 0 amide bonds. The van der Waals surface area contributed by atoms with Crippen molar-refractivity contribution in [1.29, 1.82) is 0 Å².